The lowest BCUT2D eigenvalue weighted by Crippen LogP contribution is -2.19. The van der Waals surface area contributed by atoms with Gasteiger partial charge in [-0.05, 0) is 45.0 Å². The first-order valence-electron chi connectivity index (χ1n) is 7.46. The van der Waals surface area contributed by atoms with Gasteiger partial charge in [-0.3, -0.25) is 0 Å². The lowest BCUT2D eigenvalue weighted by atomic mass is 10.0. The first kappa shape index (κ1) is 17.0. The van der Waals surface area contributed by atoms with Gasteiger partial charge in [0.15, 0.2) is 5.58 Å². The zero-order valence-electron chi connectivity index (χ0n) is 13.6. The van der Waals surface area contributed by atoms with Crippen molar-refractivity contribution in [2.24, 2.45) is 4.40 Å². The van der Waals surface area contributed by atoms with Crippen molar-refractivity contribution >= 4 is 44.1 Å². The average molecular weight is 405 g/mol. The molecule has 0 spiro atoms. The first-order valence-corrected chi connectivity index (χ1v) is 9.36. The van der Waals surface area contributed by atoms with E-state index in [-0.39, 0.29) is 0 Å². The predicted molar refractivity (Wildman–Crippen MR) is 103 cm³/mol. The summed E-state index contributed by atoms with van der Waals surface area (Å²) in [4.78, 5) is 0. The molecule has 0 N–H and O–H groups in total. The molecule has 0 amide bonds. The molecule has 1 aromatic heterocycles. The average Bonchev–Trinajstić information content (AvgIpc) is 2.95. The fourth-order valence-electron chi connectivity index (χ4n) is 2.20. The maximum absolute atomic E-state index is 12.2. The highest BCUT2D eigenvalue weighted by Gasteiger charge is 2.19. The molecular formula is C18H17BrN2O2S. The molecule has 0 aliphatic rings. The van der Waals surface area contributed by atoms with Crippen LogP contribution in [-0.2, 0) is 11.0 Å². The molecule has 3 aromatic rings. The lowest BCUT2D eigenvalue weighted by Gasteiger charge is -2.13. The number of hydrogen-bond donors (Lipinski definition) is 0. The van der Waals surface area contributed by atoms with Crippen LogP contribution in [0.2, 0.25) is 0 Å². The van der Waals surface area contributed by atoms with Crippen LogP contribution in [0.25, 0.3) is 22.2 Å². The summed E-state index contributed by atoms with van der Waals surface area (Å²) in [5, 5.41) is 5.14. The Morgan fingerprint density at radius 2 is 1.96 bits per heavy atom. The van der Waals surface area contributed by atoms with Gasteiger partial charge in [-0.1, -0.05) is 39.3 Å². The molecule has 0 fully saturated rings. The zero-order valence-corrected chi connectivity index (χ0v) is 16.0. The second-order valence-electron chi connectivity index (χ2n) is 6.35. The fourth-order valence-corrected chi connectivity index (χ4v) is 3.10. The molecule has 4 nitrogen and oxygen atoms in total. The molecule has 0 unspecified atom stereocenters. The van der Waals surface area contributed by atoms with E-state index in [1.807, 2.05) is 63.2 Å². The van der Waals surface area contributed by atoms with E-state index in [1.165, 1.54) is 0 Å². The van der Waals surface area contributed by atoms with Gasteiger partial charge in [0, 0.05) is 27.2 Å². The van der Waals surface area contributed by atoms with E-state index in [2.05, 4.69) is 25.5 Å². The molecule has 3 rings (SSSR count). The van der Waals surface area contributed by atoms with Crippen LogP contribution in [0.3, 0.4) is 0 Å². The molecule has 24 heavy (non-hydrogen) atoms. The molecule has 124 valence electrons. The summed E-state index contributed by atoms with van der Waals surface area (Å²) in [6.45, 7) is 5.69. The number of halogens is 1. The second-order valence-corrected chi connectivity index (χ2v) is 9.20. The third-order valence-corrected chi connectivity index (χ3v) is 5.30. The van der Waals surface area contributed by atoms with Crippen molar-refractivity contribution in [3.05, 3.63) is 52.5 Å². The Balaban J connectivity index is 2.10. The van der Waals surface area contributed by atoms with Crippen LogP contribution in [0.5, 0.6) is 0 Å². The summed E-state index contributed by atoms with van der Waals surface area (Å²) < 4.78 is 22.3. The van der Waals surface area contributed by atoms with Gasteiger partial charge in [0.2, 0.25) is 0 Å². The Morgan fingerprint density at radius 3 is 2.71 bits per heavy atom. The van der Waals surface area contributed by atoms with Crippen molar-refractivity contribution < 1.29 is 8.73 Å². The molecular weight excluding hydrogens is 388 g/mol. The number of rotatable bonds is 3. The monoisotopic (exact) mass is 404 g/mol. The quantitative estimate of drug-likeness (QED) is 0.567. The van der Waals surface area contributed by atoms with Crippen molar-refractivity contribution in [3.8, 4) is 11.3 Å². The molecule has 1 atom stereocenters. The number of benzene rings is 2. The van der Waals surface area contributed by atoms with E-state index in [0.29, 0.717) is 0 Å². The SMILES string of the molecule is CC(C)(C)[S@](=O)N=Cc1cc(Br)ccc1-c1noc2ccccc12. The van der Waals surface area contributed by atoms with Crippen LogP contribution in [-0.4, -0.2) is 20.3 Å². The van der Waals surface area contributed by atoms with Crippen LogP contribution < -0.4 is 0 Å². The highest BCUT2D eigenvalue weighted by atomic mass is 79.9. The molecule has 0 aliphatic carbocycles. The van der Waals surface area contributed by atoms with Gasteiger partial charge in [-0.25, -0.2) is 4.21 Å². The topological polar surface area (TPSA) is 55.5 Å². The van der Waals surface area contributed by atoms with Gasteiger partial charge in [0.25, 0.3) is 0 Å². The van der Waals surface area contributed by atoms with Crippen molar-refractivity contribution in [1.29, 1.82) is 0 Å². The van der Waals surface area contributed by atoms with Gasteiger partial charge >= 0.3 is 0 Å². The Hall–Kier alpha value is -1.79. The van der Waals surface area contributed by atoms with Gasteiger partial charge in [-0.2, -0.15) is 4.40 Å². The molecule has 0 bridgehead atoms. The van der Waals surface area contributed by atoms with Crippen LogP contribution in [0.15, 0.2) is 55.9 Å². The largest absolute Gasteiger partial charge is 0.356 e. The van der Waals surface area contributed by atoms with Crippen LogP contribution in [0.1, 0.15) is 26.3 Å². The van der Waals surface area contributed by atoms with E-state index in [9.17, 15) is 4.21 Å². The molecule has 1 heterocycles. The Bertz CT molecular complexity index is 942. The van der Waals surface area contributed by atoms with Gasteiger partial charge in [0.05, 0.1) is 4.75 Å². The van der Waals surface area contributed by atoms with Crippen LogP contribution >= 0.6 is 15.9 Å². The third-order valence-electron chi connectivity index (χ3n) is 3.46. The number of nitrogens with zero attached hydrogens (tertiary/aromatic N) is 2. The maximum atomic E-state index is 12.2. The normalized spacial score (nSPS) is 13.7. The first-order chi connectivity index (χ1) is 11.4. The Kier molecular flexibility index (Phi) is 4.69. The van der Waals surface area contributed by atoms with Gasteiger partial charge < -0.3 is 4.52 Å². The smallest absolute Gasteiger partial charge is 0.167 e. The maximum Gasteiger partial charge on any atom is 0.167 e. The van der Waals surface area contributed by atoms with Gasteiger partial charge in [-0.15, -0.1) is 0 Å². The van der Waals surface area contributed by atoms with E-state index in [4.69, 9.17) is 4.52 Å². The third kappa shape index (κ3) is 3.49. The predicted octanol–water partition coefficient (Wildman–Crippen LogP) is 5.14. The minimum atomic E-state index is -1.32. The van der Waals surface area contributed by atoms with E-state index in [0.717, 1.165) is 32.3 Å². The number of fused-ring (bicyclic) bond motifs is 1. The molecule has 0 saturated carbocycles. The van der Waals surface area contributed by atoms with Crippen LogP contribution in [0, 0.1) is 0 Å². The molecule has 0 saturated heterocycles. The second kappa shape index (κ2) is 6.61. The number of para-hydroxylation sites is 1. The summed E-state index contributed by atoms with van der Waals surface area (Å²) in [6, 6.07) is 13.5. The van der Waals surface area contributed by atoms with Crippen LogP contribution in [0.4, 0.5) is 0 Å². The van der Waals surface area contributed by atoms with Crippen molar-refractivity contribution in [1.82, 2.24) is 5.16 Å². The molecule has 6 heteroatoms. The highest BCUT2D eigenvalue weighted by Crippen LogP contribution is 2.31. The Labute approximate surface area is 151 Å². The Morgan fingerprint density at radius 1 is 1.21 bits per heavy atom. The minimum absolute atomic E-state index is 0.400. The minimum Gasteiger partial charge on any atom is -0.356 e. The summed E-state index contributed by atoms with van der Waals surface area (Å²) in [6.07, 6.45) is 1.64. The summed E-state index contributed by atoms with van der Waals surface area (Å²) >= 11 is 3.47. The van der Waals surface area contributed by atoms with E-state index >= 15 is 0 Å². The van der Waals surface area contributed by atoms with Crippen molar-refractivity contribution in [2.75, 3.05) is 0 Å². The summed E-state index contributed by atoms with van der Waals surface area (Å²) in [7, 11) is -1.32. The number of aromatic nitrogens is 1. The lowest BCUT2D eigenvalue weighted by molar-refractivity contribution is 0.459. The molecule has 2 aromatic carbocycles. The van der Waals surface area contributed by atoms with Crippen molar-refractivity contribution in [3.63, 3.8) is 0 Å². The summed E-state index contributed by atoms with van der Waals surface area (Å²) in [5.74, 6) is 0. The van der Waals surface area contributed by atoms with Gasteiger partial charge in [0.1, 0.15) is 16.7 Å². The molecule has 0 radical (unpaired) electrons. The zero-order chi connectivity index (χ0) is 17.3. The van der Waals surface area contributed by atoms with Crippen molar-refractivity contribution in [2.45, 2.75) is 25.5 Å². The number of hydrogen-bond acceptors (Lipinski definition) is 3. The standard InChI is InChI=1S/C18H17BrN2O2S/c1-18(2,3)24(22)20-11-12-10-13(19)8-9-14(12)17-15-6-4-5-7-16(15)23-21-17/h4-11H,1-3H3/t24-/m0/s1. The highest BCUT2D eigenvalue weighted by molar-refractivity contribution is 9.10. The van der Waals surface area contributed by atoms with E-state index < -0.39 is 15.7 Å². The summed E-state index contributed by atoms with van der Waals surface area (Å²) in [5.41, 5.74) is 3.21. The molecule has 0 aliphatic heterocycles. The van der Waals surface area contributed by atoms with E-state index in [1.54, 1.807) is 6.21 Å². The fraction of sp³-hybridized carbons (Fsp3) is 0.222.